The summed E-state index contributed by atoms with van der Waals surface area (Å²) < 4.78 is 14.6. The maximum atomic E-state index is 13.4. The van der Waals surface area contributed by atoms with E-state index < -0.39 is 5.82 Å². The van der Waals surface area contributed by atoms with Crippen LogP contribution in [0.25, 0.3) is 0 Å². The van der Waals surface area contributed by atoms with Crippen molar-refractivity contribution in [1.82, 2.24) is 0 Å². The Kier molecular flexibility index (Phi) is 3.93. The molecule has 1 nitrogen and oxygen atoms in total. The molecule has 1 aliphatic rings. The third kappa shape index (κ3) is 2.54. The Labute approximate surface area is 135 Å². The standard InChI is InChI=1S/C15H11BrCl2FN/c16-11-3-1-2-10-9(11)4-5-14(10)20-8-6-12(17)15(19)13(18)7-8/h1-3,6-7,14,20H,4-5H2. The summed E-state index contributed by atoms with van der Waals surface area (Å²) in [7, 11) is 0. The molecule has 1 atom stereocenters. The van der Waals surface area contributed by atoms with Gasteiger partial charge in [-0.3, -0.25) is 0 Å². The first-order valence-corrected chi connectivity index (χ1v) is 7.79. The quantitative estimate of drug-likeness (QED) is 0.636. The molecule has 1 N–H and O–H groups in total. The van der Waals surface area contributed by atoms with Crippen molar-refractivity contribution >= 4 is 44.8 Å². The van der Waals surface area contributed by atoms with Gasteiger partial charge in [0.2, 0.25) is 0 Å². The smallest absolute Gasteiger partial charge is 0.160 e. The number of nitrogens with one attached hydrogen (secondary N) is 1. The van der Waals surface area contributed by atoms with Crippen molar-refractivity contribution in [2.45, 2.75) is 18.9 Å². The van der Waals surface area contributed by atoms with E-state index >= 15 is 0 Å². The zero-order chi connectivity index (χ0) is 14.3. The lowest BCUT2D eigenvalue weighted by molar-refractivity contribution is 0.628. The molecule has 0 aromatic heterocycles. The van der Waals surface area contributed by atoms with E-state index in [1.165, 1.54) is 11.1 Å². The lowest BCUT2D eigenvalue weighted by atomic mass is 10.1. The van der Waals surface area contributed by atoms with Crippen molar-refractivity contribution in [2.75, 3.05) is 5.32 Å². The molecule has 0 aliphatic heterocycles. The number of halogens is 4. The summed E-state index contributed by atoms with van der Waals surface area (Å²) >= 11 is 15.2. The minimum Gasteiger partial charge on any atom is -0.378 e. The van der Waals surface area contributed by atoms with E-state index in [0.29, 0.717) is 0 Å². The first kappa shape index (κ1) is 14.2. The summed E-state index contributed by atoms with van der Waals surface area (Å²) in [5.74, 6) is -0.576. The Hall–Kier alpha value is -0.770. The van der Waals surface area contributed by atoms with Gasteiger partial charge < -0.3 is 5.32 Å². The zero-order valence-corrected chi connectivity index (χ0v) is 13.5. The molecule has 1 aliphatic carbocycles. The second kappa shape index (κ2) is 5.55. The summed E-state index contributed by atoms with van der Waals surface area (Å²) in [5.41, 5.74) is 3.32. The van der Waals surface area contributed by atoms with E-state index in [1.54, 1.807) is 12.1 Å². The van der Waals surface area contributed by atoms with Gasteiger partial charge in [0.25, 0.3) is 0 Å². The fraction of sp³-hybridized carbons (Fsp3) is 0.200. The highest BCUT2D eigenvalue weighted by atomic mass is 79.9. The van der Waals surface area contributed by atoms with Crippen LogP contribution in [-0.2, 0) is 6.42 Å². The summed E-state index contributed by atoms with van der Waals surface area (Å²) in [4.78, 5) is 0. The highest BCUT2D eigenvalue weighted by Crippen LogP contribution is 2.38. The van der Waals surface area contributed by atoms with Gasteiger partial charge in [-0.2, -0.15) is 0 Å². The van der Waals surface area contributed by atoms with Gasteiger partial charge in [0, 0.05) is 10.2 Å². The molecule has 0 heterocycles. The van der Waals surface area contributed by atoms with E-state index in [-0.39, 0.29) is 16.1 Å². The highest BCUT2D eigenvalue weighted by molar-refractivity contribution is 9.10. The number of fused-ring (bicyclic) bond motifs is 1. The van der Waals surface area contributed by atoms with E-state index in [2.05, 4.69) is 27.3 Å². The third-order valence-corrected chi connectivity index (χ3v) is 4.83. The van der Waals surface area contributed by atoms with Gasteiger partial charge in [-0.15, -0.1) is 0 Å². The molecule has 0 saturated heterocycles. The molecule has 104 valence electrons. The van der Waals surface area contributed by atoms with E-state index in [4.69, 9.17) is 23.2 Å². The van der Waals surface area contributed by atoms with Crippen molar-refractivity contribution in [3.05, 3.63) is 61.8 Å². The number of hydrogen-bond donors (Lipinski definition) is 1. The molecule has 0 saturated carbocycles. The van der Waals surface area contributed by atoms with Crippen LogP contribution in [0.1, 0.15) is 23.6 Å². The number of hydrogen-bond acceptors (Lipinski definition) is 1. The molecule has 2 aromatic carbocycles. The van der Waals surface area contributed by atoms with Crippen molar-refractivity contribution in [3.8, 4) is 0 Å². The second-order valence-electron chi connectivity index (χ2n) is 4.80. The Morgan fingerprint density at radius 3 is 2.60 bits per heavy atom. The molecule has 20 heavy (non-hydrogen) atoms. The highest BCUT2D eigenvalue weighted by Gasteiger charge is 2.24. The minimum absolute atomic E-state index is 0.0347. The molecule has 0 bridgehead atoms. The maximum absolute atomic E-state index is 13.4. The topological polar surface area (TPSA) is 12.0 Å². The lowest BCUT2D eigenvalue weighted by Gasteiger charge is -2.16. The molecule has 2 aromatic rings. The predicted octanol–water partition coefficient (Wildman–Crippen LogP) is 5.99. The molecule has 0 fully saturated rings. The molecule has 0 spiro atoms. The van der Waals surface area contributed by atoms with E-state index in [9.17, 15) is 4.39 Å². The Balaban J connectivity index is 1.90. The molecule has 3 rings (SSSR count). The summed E-state index contributed by atoms with van der Waals surface area (Å²) in [6.45, 7) is 0. The zero-order valence-electron chi connectivity index (χ0n) is 10.4. The van der Waals surface area contributed by atoms with Crippen LogP contribution in [0.15, 0.2) is 34.8 Å². The molecule has 0 radical (unpaired) electrons. The summed E-state index contributed by atoms with van der Waals surface area (Å²) in [6.07, 6.45) is 2.00. The van der Waals surface area contributed by atoms with Crippen LogP contribution in [0, 0.1) is 5.82 Å². The fourth-order valence-corrected chi connectivity index (χ4v) is 3.67. The van der Waals surface area contributed by atoms with Crippen molar-refractivity contribution < 1.29 is 4.39 Å². The Morgan fingerprint density at radius 2 is 1.90 bits per heavy atom. The van der Waals surface area contributed by atoms with Crippen LogP contribution >= 0.6 is 39.1 Å². The Bertz CT molecular complexity index is 652. The van der Waals surface area contributed by atoms with Crippen LogP contribution in [0.4, 0.5) is 10.1 Å². The predicted molar refractivity (Wildman–Crippen MR) is 85.2 cm³/mol. The Morgan fingerprint density at radius 1 is 1.20 bits per heavy atom. The first-order valence-electron chi connectivity index (χ1n) is 6.24. The van der Waals surface area contributed by atoms with Crippen LogP contribution in [-0.4, -0.2) is 0 Å². The first-order chi connectivity index (χ1) is 9.56. The van der Waals surface area contributed by atoms with Crippen LogP contribution in [0.5, 0.6) is 0 Å². The molecule has 5 heteroatoms. The van der Waals surface area contributed by atoms with Gasteiger partial charge >= 0.3 is 0 Å². The van der Waals surface area contributed by atoms with Gasteiger partial charge in [-0.05, 0) is 42.2 Å². The number of anilines is 1. The number of rotatable bonds is 2. The molecular weight excluding hydrogens is 364 g/mol. The molecule has 1 unspecified atom stereocenters. The summed E-state index contributed by atoms with van der Waals surface area (Å²) in [6, 6.07) is 9.51. The van der Waals surface area contributed by atoms with Gasteiger partial charge in [0.15, 0.2) is 5.82 Å². The largest absolute Gasteiger partial charge is 0.378 e. The van der Waals surface area contributed by atoms with Crippen molar-refractivity contribution in [3.63, 3.8) is 0 Å². The minimum atomic E-state index is -0.576. The van der Waals surface area contributed by atoms with Crippen molar-refractivity contribution in [2.24, 2.45) is 0 Å². The molecular formula is C15H11BrCl2FN. The van der Waals surface area contributed by atoms with Gasteiger partial charge in [0.1, 0.15) is 0 Å². The van der Waals surface area contributed by atoms with Gasteiger partial charge in [-0.25, -0.2) is 4.39 Å². The van der Waals surface area contributed by atoms with Crippen LogP contribution in [0.2, 0.25) is 10.0 Å². The average Bonchev–Trinajstić information content (AvgIpc) is 2.81. The lowest BCUT2D eigenvalue weighted by Crippen LogP contribution is -2.07. The van der Waals surface area contributed by atoms with E-state index in [0.717, 1.165) is 23.0 Å². The van der Waals surface area contributed by atoms with Crippen LogP contribution in [0.3, 0.4) is 0 Å². The van der Waals surface area contributed by atoms with Gasteiger partial charge in [-0.1, -0.05) is 51.3 Å². The van der Waals surface area contributed by atoms with E-state index in [1.807, 2.05) is 12.1 Å². The third-order valence-electron chi connectivity index (χ3n) is 3.54. The average molecular weight is 375 g/mol. The molecule has 0 amide bonds. The second-order valence-corrected chi connectivity index (χ2v) is 6.47. The van der Waals surface area contributed by atoms with Crippen molar-refractivity contribution in [1.29, 1.82) is 0 Å². The maximum Gasteiger partial charge on any atom is 0.160 e. The summed E-state index contributed by atoms with van der Waals surface area (Å²) in [5, 5.41) is 3.45. The number of benzene rings is 2. The fourth-order valence-electron chi connectivity index (χ4n) is 2.60. The van der Waals surface area contributed by atoms with Gasteiger partial charge in [0.05, 0.1) is 16.1 Å². The van der Waals surface area contributed by atoms with Crippen LogP contribution < -0.4 is 5.32 Å². The normalized spacial score (nSPS) is 17.1. The SMILES string of the molecule is Fc1c(Cl)cc(NC2CCc3c(Br)cccc32)cc1Cl. The monoisotopic (exact) mass is 373 g/mol.